The van der Waals surface area contributed by atoms with E-state index >= 15 is 0 Å². The Labute approximate surface area is 132 Å². The molecule has 0 spiro atoms. The maximum absolute atomic E-state index is 12.9. The molecular weight excluding hydrogens is 295 g/mol. The van der Waals surface area contributed by atoms with E-state index in [0.29, 0.717) is 17.4 Å². The Morgan fingerprint density at radius 2 is 1.57 bits per heavy atom. The zero-order chi connectivity index (χ0) is 15.7. The van der Waals surface area contributed by atoms with Gasteiger partial charge in [-0.25, -0.2) is 4.39 Å². The van der Waals surface area contributed by atoms with Crippen molar-refractivity contribution in [2.45, 2.75) is 6.42 Å². The number of imide groups is 1. The van der Waals surface area contributed by atoms with Crippen LogP contribution in [0.2, 0.25) is 0 Å². The first kappa shape index (κ1) is 13.2. The Morgan fingerprint density at radius 1 is 1.00 bits per heavy atom. The molecule has 1 saturated heterocycles. The molecule has 0 aromatic heterocycles. The van der Waals surface area contributed by atoms with Crippen molar-refractivity contribution in [3.8, 4) is 0 Å². The third kappa shape index (κ3) is 1.73. The van der Waals surface area contributed by atoms with Crippen molar-refractivity contribution in [1.82, 2.24) is 5.01 Å². The molecule has 2 amide bonds. The molecule has 1 heterocycles. The van der Waals surface area contributed by atoms with E-state index in [1.807, 2.05) is 0 Å². The van der Waals surface area contributed by atoms with Crippen molar-refractivity contribution in [3.63, 3.8) is 0 Å². The molecule has 5 aliphatic rings. The van der Waals surface area contributed by atoms with Gasteiger partial charge in [0.05, 0.1) is 18.1 Å². The molecule has 2 saturated carbocycles. The van der Waals surface area contributed by atoms with Gasteiger partial charge in [-0.1, -0.05) is 24.3 Å². The fraction of sp³-hybridized carbons (Fsp3) is 0.389. The van der Waals surface area contributed by atoms with Gasteiger partial charge in [-0.2, -0.15) is 10.1 Å². The maximum atomic E-state index is 12.9. The van der Waals surface area contributed by atoms with Gasteiger partial charge in [0.25, 0.3) is 11.8 Å². The van der Waals surface area contributed by atoms with Gasteiger partial charge in [-0.05, 0) is 47.8 Å². The van der Waals surface area contributed by atoms with Crippen LogP contribution in [0.5, 0.6) is 0 Å². The molecule has 23 heavy (non-hydrogen) atoms. The predicted octanol–water partition coefficient (Wildman–Crippen LogP) is 2.21. The van der Waals surface area contributed by atoms with E-state index in [0.717, 1.165) is 11.4 Å². The van der Waals surface area contributed by atoms with Crippen LogP contribution in [0, 0.1) is 41.3 Å². The maximum Gasteiger partial charge on any atom is 0.254 e. The van der Waals surface area contributed by atoms with Crippen LogP contribution in [-0.2, 0) is 9.59 Å². The van der Waals surface area contributed by atoms with Crippen molar-refractivity contribution < 1.29 is 14.0 Å². The van der Waals surface area contributed by atoms with Crippen molar-refractivity contribution in [2.24, 2.45) is 40.6 Å². The number of allylic oxidation sites excluding steroid dienone is 2. The lowest BCUT2D eigenvalue weighted by molar-refractivity contribution is -0.140. The van der Waals surface area contributed by atoms with E-state index in [9.17, 15) is 14.0 Å². The van der Waals surface area contributed by atoms with E-state index in [-0.39, 0.29) is 41.3 Å². The van der Waals surface area contributed by atoms with Crippen LogP contribution in [-0.4, -0.2) is 23.0 Å². The molecule has 1 aliphatic heterocycles. The number of carbonyl (C=O) groups is 2. The summed E-state index contributed by atoms with van der Waals surface area (Å²) < 4.78 is 12.9. The summed E-state index contributed by atoms with van der Waals surface area (Å²) in [7, 11) is 0. The molecule has 6 rings (SSSR count). The Morgan fingerprint density at radius 3 is 2.13 bits per heavy atom. The Hall–Kier alpha value is -2.30. The van der Waals surface area contributed by atoms with Crippen LogP contribution in [0.25, 0.3) is 0 Å². The standard InChI is InChI=1S/C18H15FN2O2/c19-10-3-1-9(2-4-10)8-20-21-17(22)15-11-5-6-12(14-7-13(11)14)16(15)18(21)23/h1-6,8,11-16H,7H2/b20-8-/t11-,12-,13-,14+,15-,16+/m1/s1. The Balaban J connectivity index is 1.44. The van der Waals surface area contributed by atoms with Gasteiger partial charge in [0.1, 0.15) is 5.82 Å². The average Bonchev–Trinajstić information content (AvgIpc) is 3.33. The summed E-state index contributed by atoms with van der Waals surface area (Å²) in [5, 5.41) is 5.14. The molecule has 4 nitrogen and oxygen atoms in total. The third-order valence-corrected chi connectivity index (χ3v) is 5.83. The first-order valence-electron chi connectivity index (χ1n) is 8.01. The topological polar surface area (TPSA) is 49.7 Å². The summed E-state index contributed by atoms with van der Waals surface area (Å²) in [6, 6.07) is 5.79. The van der Waals surface area contributed by atoms with Crippen LogP contribution in [0.15, 0.2) is 41.5 Å². The Bertz CT molecular complexity index is 734. The highest BCUT2D eigenvalue weighted by molar-refractivity contribution is 6.06. The van der Waals surface area contributed by atoms with Gasteiger partial charge in [0.2, 0.25) is 0 Å². The first-order chi connectivity index (χ1) is 11.1. The van der Waals surface area contributed by atoms with Crippen molar-refractivity contribution >= 4 is 18.0 Å². The second-order valence-electron chi connectivity index (χ2n) is 6.94. The number of hydrogen-bond acceptors (Lipinski definition) is 3. The molecule has 0 N–H and O–H groups in total. The van der Waals surface area contributed by atoms with E-state index in [2.05, 4.69) is 17.3 Å². The zero-order valence-electron chi connectivity index (χ0n) is 12.3. The lowest BCUT2D eigenvalue weighted by atomic mass is 9.63. The number of rotatable bonds is 2. The molecule has 2 bridgehead atoms. The summed E-state index contributed by atoms with van der Waals surface area (Å²) in [4.78, 5) is 25.4. The number of halogens is 1. The van der Waals surface area contributed by atoms with Crippen LogP contribution in [0.4, 0.5) is 4.39 Å². The van der Waals surface area contributed by atoms with Gasteiger partial charge in [-0.3, -0.25) is 9.59 Å². The largest absolute Gasteiger partial charge is 0.272 e. The lowest BCUT2D eigenvalue weighted by Crippen LogP contribution is -2.40. The molecule has 6 atom stereocenters. The highest BCUT2D eigenvalue weighted by Crippen LogP contribution is 2.65. The highest BCUT2D eigenvalue weighted by atomic mass is 19.1. The zero-order valence-corrected chi connectivity index (χ0v) is 12.3. The molecule has 0 unspecified atom stereocenters. The van der Waals surface area contributed by atoms with E-state index < -0.39 is 0 Å². The van der Waals surface area contributed by atoms with E-state index in [4.69, 9.17) is 0 Å². The summed E-state index contributed by atoms with van der Waals surface area (Å²) in [6.07, 6.45) is 6.87. The smallest absolute Gasteiger partial charge is 0.254 e. The minimum atomic E-state index is -0.330. The fourth-order valence-corrected chi connectivity index (χ4v) is 4.73. The molecule has 4 aliphatic carbocycles. The highest BCUT2D eigenvalue weighted by Gasteiger charge is 2.67. The predicted molar refractivity (Wildman–Crippen MR) is 80.5 cm³/mol. The van der Waals surface area contributed by atoms with Gasteiger partial charge in [0.15, 0.2) is 0 Å². The molecule has 5 heteroatoms. The summed E-state index contributed by atoms with van der Waals surface area (Å²) in [5.41, 5.74) is 0.658. The minimum Gasteiger partial charge on any atom is -0.272 e. The van der Waals surface area contributed by atoms with Crippen molar-refractivity contribution in [1.29, 1.82) is 0 Å². The molecule has 1 aromatic carbocycles. The molecule has 3 fully saturated rings. The molecule has 1 aromatic rings. The monoisotopic (exact) mass is 310 g/mol. The van der Waals surface area contributed by atoms with Gasteiger partial charge < -0.3 is 0 Å². The minimum absolute atomic E-state index is 0.178. The first-order valence-corrected chi connectivity index (χ1v) is 8.01. The molecular formula is C18H15FN2O2. The van der Waals surface area contributed by atoms with Gasteiger partial charge in [0, 0.05) is 0 Å². The number of carbonyl (C=O) groups excluding carboxylic acids is 2. The average molecular weight is 310 g/mol. The van der Waals surface area contributed by atoms with Crippen LogP contribution >= 0.6 is 0 Å². The SMILES string of the molecule is O=C1[C@@H]2[C@@H]3C=C[C@H]([C@@H]4C[C@H]34)[C@@H]2C(=O)N1/N=C\c1ccc(F)cc1. The molecule has 116 valence electrons. The second kappa shape index (κ2) is 4.37. The fourth-order valence-electron chi connectivity index (χ4n) is 4.73. The van der Waals surface area contributed by atoms with Crippen molar-refractivity contribution in [3.05, 3.63) is 47.8 Å². The van der Waals surface area contributed by atoms with E-state index in [1.165, 1.54) is 18.3 Å². The summed E-state index contributed by atoms with van der Waals surface area (Å²) >= 11 is 0. The quantitative estimate of drug-likeness (QED) is 0.478. The molecule has 0 radical (unpaired) electrons. The number of hydrazone groups is 1. The van der Waals surface area contributed by atoms with Crippen LogP contribution in [0.3, 0.4) is 0 Å². The van der Waals surface area contributed by atoms with Crippen LogP contribution in [0.1, 0.15) is 12.0 Å². The number of benzene rings is 1. The second-order valence-corrected chi connectivity index (χ2v) is 6.94. The van der Waals surface area contributed by atoms with E-state index in [1.54, 1.807) is 12.1 Å². The normalized spacial score (nSPS) is 40.0. The Kier molecular flexibility index (Phi) is 2.50. The van der Waals surface area contributed by atoms with Gasteiger partial charge in [-0.15, -0.1) is 0 Å². The van der Waals surface area contributed by atoms with Gasteiger partial charge >= 0.3 is 0 Å². The van der Waals surface area contributed by atoms with Crippen LogP contribution < -0.4 is 0 Å². The number of amides is 2. The summed E-state index contributed by atoms with van der Waals surface area (Å²) in [5.74, 6) is 0.440. The number of hydrogen-bond donors (Lipinski definition) is 0. The van der Waals surface area contributed by atoms with Crippen molar-refractivity contribution in [2.75, 3.05) is 0 Å². The summed E-state index contributed by atoms with van der Waals surface area (Å²) in [6.45, 7) is 0. The number of nitrogens with zero attached hydrogens (tertiary/aromatic N) is 2. The third-order valence-electron chi connectivity index (χ3n) is 5.83. The lowest BCUT2D eigenvalue weighted by Gasteiger charge is -2.37.